The van der Waals surface area contributed by atoms with Crippen LogP contribution < -0.4 is 5.48 Å². The van der Waals surface area contributed by atoms with Gasteiger partial charge in [-0.25, -0.2) is 5.48 Å². The number of unbranched alkanes of at least 4 members (excludes halogenated alkanes) is 1. The molecule has 0 amide bonds. The number of nitrogens with one attached hydrogen (secondary N) is 1. The van der Waals surface area contributed by atoms with Crippen molar-refractivity contribution in [2.45, 2.75) is 47.5 Å². The van der Waals surface area contributed by atoms with Crippen LogP contribution in [0.3, 0.4) is 0 Å². The highest BCUT2D eigenvalue weighted by Gasteiger charge is 1.78. The molecule has 0 aromatic carbocycles. The number of rotatable bonds is 4. The molecule has 0 rings (SSSR count). The van der Waals surface area contributed by atoms with Crippen LogP contribution in [0.4, 0.5) is 0 Å². The lowest BCUT2D eigenvalue weighted by molar-refractivity contribution is 0.0559. The van der Waals surface area contributed by atoms with E-state index in [1.165, 1.54) is 6.42 Å². The molecule has 0 heterocycles. The Kier molecular flexibility index (Phi) is 50.8. The Balaban J connectivity index is -0.000000138. The predicted octanol–water partition coefficient (Wildman–Crippen LogP) is 2.99. The smallest absolute Gasteiger partial charge is 0.0681 e. The van der Waals surface area contributed by atoms with Gasteiger partial charge in [-0.05, 0) is 6.42 Å². The highest BCUT2D eigenvalue weighted by atomic mass is 16.6. The van der Waals surface area contributed by atoms with Crippen LogP contribution in [0, 0.1) is 0 Å². The molecule has 0 saturated heterocycles. The molecular formula is C9H25NO. The largest absolute Gasteiger partial charge is 0.302 e. The summed E-state index contributed by atoms with van der Waals surface area (Å²) >= 11 is 0. The van der Waals surface area contributed by atoms with Crippen molar-refractivity contribution in [3.63, 3.8) is 0 Å². The minimum atomic E-state index is 0.826. The van der Waals surface area contributed by atoms with Gasteiger partial charge >= 0.3 is 0 Å². The Morgan fingerprint density at radius 3 is 1.82 bits per heavy atom. The first kappa shape index (κ1) is 17.1. The third-order valence-electron chi connectivity index (χ3n) is 0.744. The van der Waals surface area contributed by atoms with Gasteiger partial charge in [-0.1, -0.05) is 41.0 Å². The highest BCUT2D eigenvalue weighted by molar-refractivity contribution is 4.26. The van der Waals surface area contributed by atoms with E-state index in [9.17, 15) is 0 Å². The average Bonchev–Trinajstić information content (AvgIpc) is 2.13. The topological polar surface area (TPSA) is 21.3 Å². The molecule has 2 heteroatoms. The Hall–Kier alpha value is -0.0800. The molecule has 0 saturated carbocycles. The summed E-state index contributed by atoms with van der Waals surface area (Å²) in [6, 6.07) is 0. The molecule has 0 aliphatic rings. The van der Waals surface area contributed by atoms with Crippen molar-refractivity contribution in [1.29, 1.82) is 0 Å². The number of hydrogen-bond donors (Lipinski definition) is 1. The highest BCUT2D eigenvalue weighted by Crippen LogP contribution is 1.83. The van der Waals surface area contributed by atoms with Gasteiger partial charge in [0.2, 0.25) is 0 Å². The summed E-state index contributed by atoms with van der Waals surface area (Å²) in [5.41, 5.74) is 2.60. The first-order valence-corrected chi connectivity index (χ1v) is 4.70. The Bertz CT molecular complexity index is 28.7. The minimum absolute atomic E-state index is 0.826. The normalized spacial score (nSPS) is 7.09. The maximum Gasteiger partial charge on any atom is 0.0681 e. The summed E-state index contributed by atoms with van der Waals surface area (Å²) in [6.07, 6.45) is 2.34. The Morgan fingerprint density at radius 2 is 1.55 bits per heavy atom. The second kappa shape index (κ2) is 32.6. The molecule has 2 nitrogen and oxygen atoms in total. The Morgan fingerprint density at radius 1 is 1.09 bits per heavy atom. The molecule has 0 aromatic heterocycles. The lowest BCUT2D eigenvalue weighted by Gasteiger charge is -1.95. The molecule has 0 aromatic rings. The summed E-state index contributed by atoms with van der Waals surface area (Å²) in [5.74, 6) is 0. The summed E-state index contributed by atoms with van der Waals surface area (Å²) < 4.78 is 0. The number of hydroxylamine groups is 1. The zero-order valence-electron chi connectivity index (χ0n) is 9.03. The van der Waals surface area contributed by atoms with Crippen molar-refractivity contribution in [2.75, 3.05) is 13.7 Å². The monoisotopic (exact) mass is 163 g/mol. The summed E-state index contributed by atoms with van der Waals surface area (Å²) in [7, 11) is 1.77. The quantitative estimate of drug-likeness (QED) is 0.508. The van der Waals surface area contributed by atoms with Crippen molar-refractivity contribution in [3.05, 3.63) is 0 Å². The third-order valence-corrected chi connectivity index (χ3v) is 0.744. The van der Waals surface area contributed by atoms with E-state index in [2.05, 4.69) is 12.4 Å². The fourth-order valence-corrected chi connectivity index (χ4v) is 0.319. The van der Waals surface area contributed by atoms with Gasteiger partial charge in [-0.3, -0.25) is 0 Å². The number of hydrogen-bond acceptors (Lipinski definition) is 2. The molecule has 0 atom stereocenters. The van der Waals surface area contributed by atoms with E-state index >= 15 is 0 Å². The van der Waals surface area contributed by atoms with Gasteiger partial charge in [-0.15, -0.1) is 0 Å². The van der Waals surface area contributed by atoms with Crippen molar-refractivity contribution < 1.29 is 4.84 Å². The molecule has 0 bridgehead atoms. The first-order valence-electron chi connectivity index (χ1n) is 4.70. The fourth-order valence-electron chi connectivity index (χ4n) is 0.319. The van der Waals surface area contributed by atoms with E-state index < -0.39 is 0 Å². The molecular weight excluding hydrogens is 138 g/mol. The van der Waals surface area contributed by atoms with Gasteiger partial charge in [0.25, 0.3) is 0 Å². The molecule has 0 aliphatic heterocycles. The van der Waals surface area contributed by atoms with Crippen LogP contribution in [-0.4, -0.2) is 13.7 Å². The Labute approximate surface area is 72.3 Å². The molecule has 72 valence electrons. The standard InChI is InChI=1S/C5H13NO.2C2H6/c1-3-4-5-7-6-2;2*1-2/h6H,3-5H2,1-2H3;2*1-2H3. The summed E-state index contributed by atoms with van der Waals surface area (Å²) in [4.78, 5) is 4.82. The minimum Gasteiger partial charge on any atom is -0.302 e. The maximum atomic E-state index is 4.82. The lowest BCUT2D eigenvalue weighted by Crippen LogP contribution is -2.07. The average molecular weight is 163 g/mol. The van der Waals surface area contributed by atoms with E-state index in [1.807, 2.05) is 27.7 Å². The first-order chi connectivity index (χ1) is 5.41. The molecule has 0 radical (unpaired) electrons. The van der Waals surface area contributed by atoms with Gasteiger partial charge in [0, 0.05) is 7.05 Å². The van der Waals surface area contributed by atoms with Crippen molar-refractivity contribution in [2.24, 2.45) is 0 Å². The van der Waals surface area contributed by atoms with Gasteiger partial charge in [-0.2, -0.15) is 0 Å². The molecule has 0 unspecified atom stereocenters. The van der Waals surface area contributed by atoms with Crippen LogP contribution in [0.25, 0.3) is 0 Å². The molecule has 0 spiro atoms. The molecule has 1 N–H and O–H groups in total. The SMILES string of the molecule is CC.CC.CCCCONC. The van der Waals surface area contributed by atoms with Crippen molar-refractivity contribution in [3.8, 4) is 0 Å². The zero-order valence-corrected chi connectivity index (χ0v) is 9.03. The zero-order chi connectivity index (χ0) is 9.54. The molecule has 0 aliphatic carbocycles. The van der Waals surface area contributed by atoms with Gasteiger partial charge in [0.05, 0.1) is 6.61 Å². The van der Waals surface area contributed by atoms with E-state index in [-0.39, 0.29) is 0 Å². The van der Waals surface area contributed by atoms with Crippen LogP contribution in [0.1, 0.15) is 47.5 Å². The fraction of sp³-hybridized carbons (Fsp3) is 1.00. The summed E-state index contributed by atoms with van der Waals surface area (Å²) in [5, 5.41) is 0. The third kappa shape index (κ3) is 40.5. The van der Waals surface area contributed by atoms with Crippen LogP contribution in [0.15, 0.2) is 0 Å². The van der Waals surface area contributed by atoms with Gasteiger partial charge in [0.1, 0.15) is 0 Å². The van der Waals surface area contributed by atoms with E-state index in [4.69, 9.17) is 4.84 Å². The van der Waals surface area contributed by atoms with Crippen LogP contribution in [-0.2, 0) is 4.84 Å². The van der Waals surface area contributed by atoms with E-state index in [0.717, 1.165) is 13.0 Å². The predicted molar refractivity (Wildman–Crippen MR) is 52.6 cm³/mol. The summed E-state index contributed by atoms with van der Waals surface area (Å²) in [6.45, 7) is 11.0. The second-order valence-electron chi connectivity index (χ2n) is 1.41. The van der Waals surface area contributed by atoms with Gasteiger partial charge < -0.3 is 4.84 Å². The van der Waals surface area contributed by atoms with E-state index in [0.29, 0.717) is 0 Å². The van der Waals surface area contributed by atoms with Crippen molar-refractivity contribution >= 4 is 0 Å². The van der Waals surface area contributed by atoms with Crippen LogP contribution in [0.5, 0.6) is 0 Å². The molecule has 11 heavy (non-hydrogen) atoms. The lowest BCUT2D eigenvalue weighted by atomic mass is 10.4. The van der Waals surface area contributed by atoms with Crippen molar-refractivity contribution in [1.82, 2.24) is 5.48 Å². The van der Waals surface area contributed by atoms with Crippen LogP contribution >= 0.6 is 0 Å². The van der Waals surface area contributed by atoms with Gasteiger partial charge in [0.15, 0.2) is 0 Å². The maximum absolute atomic E-state index is 4.82. The van der Waals surface area contributed by atoms with Crippen LogP contribution in [0.2, 0.25) is 0 Å². The molecule has 0 fully saturated rings. The van der Waals surface area contributed by atoms with E-state index in [1.54, 1.807) is 7.05 Å². The second-order valence-corrected chi connectivity index (χ2v) is 1.41.